The van der Waals surface area contributed by atoms with Crippen molar-refractivity contribution in [3.63, 3.8) is 0 Å². The third-order valence-corrected chi connectivity index (χ3v) is 7.40. The van der Waals surface area contributed by atoms with E-state index in [1.807, 2.05) is 19.1 Å². The van der Waals surface area contributed by atoms with Gasteiger partial charge in [-0.05, 0) is 51.4 Å². The minimum atomic E-state index is -1.02. The van der Waals surface area contributed by atoms with E-state index in [9.17, 15) is 20.1 Å². The molecule has 3 N–H and O–H groups in total. The molecule has 0 saturated carbocycles. The second kappa shape index (κ2) is 15.6. The summed E-state index contributed by atoms with van der Waals surface area (Å²) in [7, 11) is 1.35. The van der Waals surface area contributed by atoms with Crippen LogP contribution in [0.2, 0.25) is 0 Å². The minimum absolute atomic E-state index is 0.0582. The van der Waals surface area contributed by atoms with Crippen LogP contribution in [0.3, 0.4) is 0 Å². The fourth-order valence-corrected chi connectivity index (χ4v) is 5.23. The highest BCUT2D eigenvalue weighted by molar-refractivity contribution is 5.81. The van der Waals surface area contributed by atoms with Crippen molar-refractivity contribution in [1.82, 2.24) is 0 Å². The van der Waals surface area contributed by atoms with E-state index in [2.05, 4.69) is 24.3 Å². The Labute approximate surface area is 232 Å². The molecule has 8 nitrogen and oxygen atoms in total. The molecule has 0 aromatic heterocycles. The zero-order valence-corrected chi connectivity index (χ0v) is 23.5. The molecule has 0 bridgehead atoms. The maximum absolute atomic E-state index is 11.2. The van der Waals surface area contributed by atoms with Crippen molar-refractivity contribution in [2.75, 3.05) is 13.7 Å². The number of esters is 1. The second-order valence-electron chi connectivity index (χ2n) is 11.1. The highest BCUT2D eigenvalue weighted by Crippen LogP contribution is 2.34. The van der Waals surface area contributed by atoms with Crippen LogP contribution in [0.1, 0.15) is 58.8 Å². The highest BCUT2D eigenvalue weighted by Gasteiger charge is 2.45. The molecule has 0 aromatic carbocycles. The number of rotatable bonds is 15. The topological polar surface area (TPSA) is 118 Å². The minimum Gasteiger partial charge on any atom is -0.466 e. The molecule has 0 amide bonds. The van der Waals surface area contributed by atoms with E-state index >= 15 is 0 Å². The normalized spacial score (nSPS) is 30.1. The SMILES string of the molecule is C=C(C[C@H](C)C[C@@H]1CC=C[C@@H](C/C=C\C(=O)OC)O1)C[C@H](O)[C@H]1O[C@H]1C[C@H](O)[C@@H](O)/C=C/[C@@H]1CC(C)=CCO1. The zero-order valence-electron chi connectivity index (χ0n) is 23.5. The third-order valence-electron chi connectivity index (χ3n) is 7.40. The molecule has 0 unspecified atom stereocenters. The summed E-state index contributed by atoms with van der Waals surface area (Å²) in [4.78, 5) is 11.2. The maximum Gasteiger partial charge on any atom is 0.330 e. The van der Waals surface area contributed by atoms with Crippen LogP contribution in [0.4, 0.5) is 0 Å². The summed E-state index contributed by atoms with van der Waals surface area (Å²) in [5, 5.41) is 31.4. The first kappa shape index (κ1) is 31.5. The number of ether oxygens (including phenoxy) is 4. The smallest absolute Gasteiger partial charge is 0.330 e. The molecule has 218 valence electrons. The highest BCUT2D eigenvalue weighted by atomic mass is 16.6. The first-order chi connectivity index (χ1) is 18.6. The summed E-state index contributed by atoms with van der Waals surface area (Å²) in [6.45, 7) is 8.93. The molecule has 0 aromatic rings. The Morgan fingerprint density at radius 1 is 1.23 bits per heavy atom. The lowest BCUT2D eigenvalue weighted by Crippen LogP contribution is -2.28. The molecule has 0 aliphatic carbocycles. The van der Waals surface area contributed by atoms with Gasteiger partial charge in [0.2, 0.25) is 0 Å². The van der Waals surface area contributed by atoms with Crippen molar-refractivity contribution in [1.29, 1.82) is 0 Å². The van der Waals surface area contributed by atoms with Crippen LogP contribution in [-0.2, 0) is 23.7 Å². The van der Waals surface area contributed by atoms with Gasteiger partial charge >= 0.3 is 5.97 Å². The van der Waals surface area contributed by atoms with Gasteiger partial charge in [-0.1, -0.05) is 61.1 Å². The van der Waals surface area contributed by atoms with Crippen molar-refractivity contribution in [3.05, 3.63) is 60.3 Å². The number of aliphatic hydroxyl groups excluding tert-OH is 3. The summed E-state index contributed by atoms with van der Waals surface area (Å²) >= 11 is 0. The zero-order chi connectivity index (χ0) is 28.4. The number of aliphatic hydroxyl groups is 3. The largest absolute Gasteiger partial charge is 0.466 e. The van der Waals surface area contributed by atoms with Gasteiger partial charge < -0.3 is 34.3 Å². The number of carbonyl (C=O) groups is 1. The van der Waals surface area contributed by atoms with E-state index in [-0.39, 0.29) is 42.9 Å². The first-order valence-corrected chi connectivity index (χ1v) is 14.0. The fourth-order valence-electron chi connectivity index (χ4n) is 5.23. The van der Waals surface area contributed by atoms with Gasteiger partial charge in [0.1, 0.15) is 6.10 Å². The van der Waals surface area contributed by atoms with E-state index in [1.165, 1.54) is 18.8 Å². The third kappa shape index (κ3) is 11.1. The van der Waals surface area contributed by atoms with Crippen LogP contribution in [0, 0.1) is 5.92 Å². The molecule has 3 aliphatic rings. The van der Waals surface area contributed by atoms with Crippen molar-refractivity contribution >= 4 is 5.97 Å². The summed E-state index contributed by atoms with van der Waals surface area (Å²) in [6.07, 6.45) is 14.0. The fraction of sp³-hybridized carbons (Fsp3) is 0.645. The number of hydrogen-bond donors (Lipinski definition) is 3. The standard InChI is InChI=1S/C31H46O8/c1-20-13-14-37-24(16-20)11-12-26(32)27(33)19-29-31(39-29)28(34)18-22(3)15-21(2)17-25-9-5-7-23(38-25)8-6-10-30(35)36-4/h5-7,10-13,21,23-29,31-34H,3,8-9,14-19H2,1-2,4H3/b10-6-,12-11+/t21-,23-,24+,25-,26-,27-,28-,29-,31+/m0/s1. The molecular formula is C31H46O8. The Balaban J connectivity index is 1.32. The second-order valence-corrected chi connectivity index (χ2v) is 11.1. The van der Waals surface area contributed by atoms with Gasteiger partial charge in [-0.3, -0.25) is 0 Å². The number of carbonyl (C=O) groups excluding carboxylic acids is 1. The lowest BCUT2D eigenvalue weighted by atomic mass is 9.91. The lowest BCUT2D eigenvalue weighted by molar-refractivity contribution is -0.134. The van der Waals surface area contributed by atoms with Gasteiger partial charge in [-0.2, -0.15) is 0 Å². The van der Waals surface area contributed by atoms with E-state index < -0.39 is 18.3 Å². The summed E-state index contributed by atoms with van der Waals surface area (Å²) in [5.74, 6) is -0.0393. The summed E-state index contributed by atoms with van der Waals surface area (Å²) in [5.41, 5.74) is 2.20. The van der Waals surface area contributed by atoms with Crippen LogP contribution in [0.25, 0.3) is 0 Å². The van der Waals surface area contributed by atoms with Crippen LogP contribution >= 0.6 is 0 Å². The molecule has 8 heteroatoms. The monoisotopic (exact) mass is 546 g/mol. The van der Waals surface area contributed by atoms with Crippen LogP contribution in [-0.4, -0.2) is 83.8 Å². The molecule has 39 heavy (non-hydrogen) atoms. The van der Waals surface area contributed by atoms with E-state index in [1.54, 1.807) is 18.2 Å². The van der Waals surface area contributed by atoms with Crippen LogP contribution in [0.5, 0.6) is 0 Å². The van der Waals surface area contributed by atoms with Crippen LogP contribution in [0.15, 0.2) is 60.3 Å². The number of methoxy groups -OCH3 is 1. The van der Waals surface area contributed by atoms with Gasteiger partial charge in [-0.25, -0.2) is 4.79 Å². The van der Waals surface area contributed by atoms with Crippen molar-refractivity contribution in [2.45, 2.75) is 108 Å². The Kier molecular flexibility index (Phi) is 12.6. The van der Waals surface area contributed by atoms with Gasteiger partial charge in [0, 0.05) is 12.5 Å². The summed E-state index contributed by atoms with van der Waals surface area (Å²) < 4.78 is 22.0. The van der Waals surface area contributed by atoms with Crippen molar-refractivity contribution in [2.24, 2.45) is 5.92 Å². The van der Waals surface area contributed by atoms with Crippen molar-refractivity contribution in [3.8, 4) is 0 Å². The predicted octanol–water partition coefficient (Wildman–Crippen LogP) is 3.71. The molecule has 3 aliphatic heterocycles. The average molecular weight is 547 g/mol. The Morgan fingerprint density at radius 3 is 2.77 bits per heavy atom. The van der Waals surface area contributed by atoms with E-state index in [4.69, 9.17) is 14.2 Å². The molecule has 1 fully saturated rings. The molecule has 3 rings (SSSR count). The molecule has 0 spiro atoms. The van der Waals surface area contributed by atoms with Gasteiger partial charge in [0.25, 0.3) is 0 Å². The predicted molar refractivity (Wildman–Crippen MR) is 149 cm³/mol. The molecule has 3 heterocycles. The quantitative estimate of drug-likeness (QED) is 0.123. The van der Waals surface area contributed by atoms with Gasteiger partial charge in [0.05, 0.1) is 56.4 Å². The first-order valence-electron chi connectivity index (χ1n) is 14.0. The Hall–Kier alpha value is -2.07. The Bertz CT molecular complexity index is 922. The maximum atomic E-state index is 11.2. The molecular weight excluding hydrogens is 500 g/mol. The van der Waals surface area contributed by atoms with E-state index in [0.29, 0.717) is 25.4 Å². The molecule has 1 saturated heterocycles. The van der Waals surface area contributed by atoms with Gasteiger partial charge in [0.15, 0.2) is 0 Å². The Morgan fingerprint density at radius 2 is 2.03 bits per heavy atom. The lowest BCUT2D eigenvalue weighted by Gasteiger charge is -2.28. The van der Waals surface area contributed by atoms with Crippen LogP contribution < -0.4 is 0 Å². The average Bonchev–Trinajstić information content (AvgIpc) is 3.66. The van der Waals surface area contributed by atoms with Crippen molar-refractivity contribution < 1.29 is 39.1 Å². The number of epoxide rings is 1. The molecule has 9 atom stereocenters. The van der Waals surface area contributed by atoms with E-state index in [0.717, 1.165) is 31.3 Å². The summed E-state index contributed by atoms with van der Waals surface area (Å²) in [6, 6.07) is 0. The number of hydrogen-bond acceptors (Lipinski definition) is 8. The van der Waals surface area contributed by atoms with Gasteiger partial charge in [-0.15, -0.1) is 0 Å². The molecule has 0 radical (unpaired) electrons.